The van der Waals surface area contributed by atoms with Crippen LogP contribution in [0.5, 0.6) is 0 Å². The van der Waals surface area contributed by atoms with Crippen LogP contribution in [0.3, 0.4) is 0 Å². The average molecular weight is 498 g/mol. The van der Waals surface area contributed by atoms with Crippen LogP contribution in [-0.4, -0.2) is 125 Å². The molecule has 4 rings (SSSR count). The van der Waals surface area contributed by atoms with Gasteiger partial charge in [0.05, 0.1) is 19.3 Å². The molecule has 35 heavy (non-hydrogen) atoms. The van der Waals surface area contributed by atoms with Crippen LogP contribution < -0.4 is 10.6 Å². The molecular weight excluding hydrogens is 450 g/mol. The fourth-order valence-electron chi connectivity index (χ4n) is 6.01. The topological polar surface area (TPSA) is 95.6 Å². The Balaban J connectivity index is 1.37. The van der Waals surface area contributed by atoms with Gasteiger partial charge in [-0.05, 0) is 44.2 Å². The number of alkyl carbamates (subject to hydrolysis) is 2. The average Bonchev–Trinajstić information content (AvgIpc) is 2.78. The summed E-state index contributed by atoms with van der Waals surface area (Å²) in [6, 6.07) is 0.286. The van der Waals surface area contributed by atoms with Crippen molar-refractivity contribution in [2.45, 2.75) is 52.1 Å². The summed E-state index contributed by atoms with van der Waals surface area (Å²) in [5.41, 5.74) is -0.109. The maximum Gasteiger partial charge on any atom is 0.407 e. The van der Waals surface area contributed by atoms with Gasteiger partial charge < -0.3 is 29.7 Å². The van der Waals surface area contributed by atoms with Crippen molar-refractivity contribution in [3.8, 4) is 0 Å². The summed E-state index contributed by atoms with van der Waals surface area (Å²) >= 11 is 0. The zero-order valence-electron chi connectivity index (χ0n) is 22.4. The normalized spacial score (nSPS) is 31.7. The number of hydrogen-bond donors (Lipinski definition) is 2. The van der Waals surface area contributed by atoms with E-state index in [1.54, 1.807) is 0 Å². The van der Waals surface area contributed by atoms with Gasteiger partial charge >= 0.3 is 12.2 Å². The van der Waals surface area contributed by atoms with Crippen LogP contribution in [0.15, 0.2) is 0 Å². The van der Waals surface area contributed by atoms with E-state index >= 15 is 0 Å². The second-order valence-corrected chi connectivity index (χ2v) is 11.9. The predicted molar refractivity (Wildman–Crippen MR) is 135 cm³/mol. The number of nitrogens with zero attached hydrogens (tertiary/aromatic N) is 3. The van der Waals surface area contributed by atoms with Crippen LogP contribution in [0.1, 0.15) is 40.0 Å². The Kier molecular flexibility index (Phi) is 10.0. The van der Waals surface area contributed by atoms with E-state index in [2.05, 4.69) is 41.2 Å². The maximum absolute atomic E-state index is 12.5. The monoisotopic (exact) mass is 497 g/mol. The first-order valence-electron chi connectivity index (χ1n) is 13.1. The number of carbonyl (C=O) groups is 2. The lowest BCUT2D eigenvalue weighted by molar-refractivity contribution is -0.0153. The molecule has 1 saturated carbocycles. The number of nitrogens with one attached hydrogen (secondary N) is 2. The van der Waals surface area contributed by atoms with Crippen molar-refractivity contribution in [1.29, 1.82) is 0 Å². The molecule has 0 aromatic carbocycles. The molecule has 0 radical (unpaired) electrons. The van der Waals surface area contributed by atoms with E-state index in [1.807, 2.05) is 19.0 Å². The van der Waals surface area contributed by atoms with Gasteiger partial charge in [-0.15, -0.1) is 0 Å². The highest BCUT2D eigenvalue weighted by Gasteiger charge is 2.42. The largest absolute Gasteiger partial charge is 0.448 e. The summed E-state index contributed by atoms with van der Waals surface area (Å²) in [4.78, 5) is 31.7. The third-order valence-electron chi connectivity index (χ3n) is 7.37. The number of amides is 2. The minimum Gasteiger partial charge on any atom is -0.448 e. The van der Waals surface area contributed by atoms with Gasteiger partial charge in [-0.1, -0.05) is 20.8 Å². The quantitative estimate of drug-likeness (QED) is 0.416. The third-order valence-corrected chi connectivity index (χ3v) is 7.37. The SMILES string of the molecule is CN(C)CCOCCOC(=O)NC1CC(C)(C)CC(C)(CNC(=O)OCC2CN3CCN2CC3)C1. The molecule has 2 bridgehead atoms. The van der Waals surface area contributed by atoms with Gasteiger partial charge in [0, 0.05) is 51.9 Å². The van der Waals surface area contributed by atoms with E-state index < -0.39 is 6.09 Å². The Labute approximate surface area is 211 Å². The lowest BCUT2D eigenvalue weighted by Gasteiger charge is -2.47. The first-order chi connectivity index (χ1) is 16.5. The van der Waals surface area contributed by atoms with Crippen LogP contribution in [0.4, 0.5) is 9.59 Å². The summed E-state index contributed by atoms with van der Waals surface area (Å²) in [6.45, 7) is 14.9. The Morgan fingerprint density at radius 2 is 1.71 bits per heavy atom. The standard InChI is InChI=1S/C25H47N5O5/c1-24(2)14-20(27-23(32)34-13-12-33-11-10-28(4)5)15-25(3,18-24)19-26-22(31)35-17-21-16-29-6-8-30(21)9-7-29/h20-21H,6-19H2,1-5H3,(H,26,31)(H,27,32). The Hall–Kier alpha value is -1.62. The van der Waals surface area contributed by atoms with Gasteiger partial charge in [0.1, 0.15) is 13.2 Å². The summed E-state index contributed by atoms with van der Waals surface area (Å²) in [6.07, 6.45) is 1.83. The third kappa shape index (κ3) is 9.40. The van der Waals surface area contributed by atoms with E-state index in [-0.39, 0.29) is 29.6 Å². The molecule has 2 N–H and O–H groups in total. The molecule has 10 heteroatoms. The Morgan fingerprint density at radius 1 is 0.971 bits per heavy atom. The highest BCUT2D eigenvalue weighted by atomic mass is 16.6. The molecule has 1 aliphatic carbocycles. The molecule has 0 aromatic heterocycles. The molecule has 3 atom stereocenters. The fourth-order valence-corrected chi connectivity index (χ4v) is 6.01. The molecule has 3 unspecified atom stereocenters. The van der Waals surface area contributed by atoms with Crippen molar-refractivity contribution in [3.05, 3.63) is 0 Å². The zero-order chi connectivity index (χ0) is 25.5. The van der Waals surface area contributed by atoms with E-state index in [1.165, 1.54) is 0 Å². The first kappa shape index (κ1) is 28.0. The highest BCUT2D eigenvalue weighted by molar-refractivity contribution is 5.68. The van der Waals surface area contributed by atoms with Crippen molar-refractivity contribution in [2.75, 3.05) is 86.3 Å². The van der Waals surface area contributed by atoms with Gasteiger partial charge in [0.2, 0.25) is 0 Å². The molecule has 10 nitrogen and oxygen atoms in total. The molecule has 0 aromatic rings. The van der Waals surface area contributed by atoms with Crippen molar-refractivity contribution < 1.29 is 23.8 Å². The van der Waals surface area contributed by atoms with Crippen LogP contribution in [0, 0.1) is 10.8 Å². The number of rotatable bonds is 11. The number of piperazine rings is 3. The Morgan fingerprint density at radius 3 is 2.37 bits per heavy atom. The van der Waals surface area contributed by atoms with Crippen molar-refractivity contribution in [1.82, 2.24) is 25.3 Å². The van der Waals surface area contributed by atoms with Crippen molar-refractivity contribution in [2.24, 2.45) is 10.8 Å². The van der Waals surface area contributed by atoms with Gasteiger partial charge in [-0.25, -0.2) is 9.59 Å². The van der Waals surface area contributed by atoms with Crippen LogP contribution in [0.2, 0.25) is 0 Å². The molecular formula is C25H47N5O5. The zero-order valence-corrected chi connectivity index (χ0v) is 22.4. The molecule has 2 amide bonds. The second kappa shape index (κ2) is 12.6. The first-order valence-corrected chi connectivity index (χ1v) is 13.1. The minimum atomic E-state index is -0.411. The number of ether oxygens (including phenoxy) is 3. The van der Waals surface area contributed by atoms with E-state index in [9.17, 15) is 9.59 Å². The smallest absolute Gasteiger partial charge is 0.407 e. The molecule has 0 spiro atoms. The minimum absolute atomic E-state index is 0.0108. The lowest BCUT2D eigenvalue weighted by Crippen LogP contribution is -2.62. The number of fused-ring (bicyclic) bond motifs is 3. The van der Waals surface area contributed by atoms with E-state index in [4.69, 9.17) is 14.2 Å². The number of hydrogen-bond acceptors (Lipinski definition) is 8. The molecule has 3 heterocycles. The van der Waals surface area contributed by atoms with Gasteiger partial charge in [0.25, 0.3) is 0 Å². The van der Waals surface area contributed by atoms with Crippen molar-refractivity contribution in [3.63, 3.8) is 0 Å². The molecule has 3 aliphatic heterocycles. The number of likely N-dealkylation sites (N-methyl/N-ethyl adjacent to an activating group) is 1. The van der Waals surface area contributed by atoms with Gasteiger partial charge in [-0.2, -0.15) is 0 Å². The fraction of sp³-hybridized carbons (Fsp3) is 0.920. The molecule has 4 fully saturated rings. The summed E-state index contributed by atoms with van der Waals surface area (Å²) in [5.74, 6) is 0. The van der Waals surface area contributed by atoms with Crippen molar-refractivity contribution >= 4 is 12.2 Å². The number of carbonyl (C=O) groups excluding carboxylic acids is 2. The summed E-state index contributed by atoms with van der Waals surface area (Å²) in [7, 11) is 3.98. The van der Waals surface area contributed by atoms with Crippen LogP contribution in [0.25, 0.3) is 0 Å². The van der Waals surface area contributed by atoms with E-state index in [0.29, 0.717) is 32.4 Å². The maximum atomic E-state index is 12.5. The molecule has 202 valence electrons. The summed E-state index contributed by atoms with van der Waals surface area (Å²) < 4.78 is 16.4. The van der Waals surface area contributed by atoms with E-state index in [0.717, 1.165) is 58.5 Å². The summed E-state index contributed by atoms with van der Waals surface area (Å²) in [5, 5.41) is 6.02. The van der Waals surface area contributed by atoms with Crippen LogP contribution >= 0.6 is 0 Å². The lowest BCUT2D eigenvalue weighted by atomic mass is 9.62. The second-order valence-electron chi connectivity index (χ2n) is 11.9. The highest BCUT2D eigenvalue weighted by Crippen LogP contribution is 2.45. The van der Waals surface area contributed by atoms with Gasteiger partial charge in [0.15, 0.2) is 0 Å². The van der Waals surface area contributed by atoms with Gasteiger partial charge in [-0.3, -0.25) is 9.80 Å². The Bertz CT molecular complexity index is 698. The predicted octanol–water partition coefficient (Wildman–Crippen LogP) is 1.60. The molecule has 4 aliphatic rings. The molecule has 3 saturated heterocycles. The van der Waals surface area contributed by atoms with Crippen LogP contribution in [-0.2, 0) is 14.2 Å².